The Kier molecular flexibility index (Phi) is 7.36. The highest BCUT2D eigenvalue weighted by molar-refractivity contribution is 6.05. The van der Waals surface area contributed by atoms with Crippen molar-refractivity contribution in [3.8, 4) is 0 Å². The minimum absolute atomic E-state index is 0.186. The number of halogens is 3. The molecule has 178 valence electrons. The average Bonchev–Trinajstić information content (AvgIpc) is 3.22. The quantitative estimate of drug-likeness (QED) is 0.640. The number of carbonyl (C=O) groups is 2. The second-order valence-electron chi connectivity index (χ2n) is 7.25. The minimum atomic E-state index is -4.68. The monoisotopic (exact) mass is 465 g/mol. The molecule has 4 heterocycles. The molecule has 2 aromatic rings. The molecular weight excluding hydrogens is 439 g/mol. The van der Waals surface area contributed by atoms with Crippen molar-refractivity contribution in [1.82, 2.24) is 15.3 Å². The number of anilines is 3. The molecule has 9 nitrogen and oxygen atoms in total. The first-order valence-electron chi connectivity index (χ1n) is 10.6. The van der Waals surface area contributed by atoms with Crippen molar-refractivity contribution in [3.63, 3.8) is 0 Å². The first kappa shape index (κ1) is 24.2. The summed E-state index contributed by atoms with van der Waals surface area (Å²) in [6, 6.07) is 5.13. The lowest BCUT2D eigenvalue weighted by atomic mass is 10.1. The molecule has 33 heavy (non-hydrogen) atoms. The molecule has 0 aromatic carbocycles. The van der Waals surface area contributed by atoms with Crippen molar-refractivity contribution >= 4 is 29.3 Å². The molecule has 2 aromatic heterocycles. The Bertz CT molecular complexity index is 988. The number of carbonyl (C=O) groups excluding carboxylic acids is 2. The molecule has 4 rings (SSSR count). The molecule has 1 fully saturated rings. The van der Waals surface area contributed by atoms with E-state index in [1.165, 1.54) is 17.2 Å². The topological polar surface area (TPSA) is 116 Å². The number of urea groups is 1. The molecule has 0 aliphatic carbocycles. The van der Waals surface area contributed by atoms with Crippen LogP contribution in [0.15, 0.2) is 36.5 Å². The van der Waals surface area contributed by atoms with Gasteiger partial charge in [0.05, 0.1) is 11.7 Å². The van der Waals surface area contributed by atoms with Gasteiger partial charge in [-0.15, -0.1) is 0 Å². The number of alkyl halides is 3. The van der Waals surface area contributed by atoms with Gasteiger partial charge in [0.15, 0.2) is 5.82 Å². The highest BCUT2D eigenvalue weighted by Crippen LogP contribution is 2.39. The van der Waals surface area contributed by atoms with E-state index in [-0.39, 0.29) is 17.6 Å². The fourth-order valence-corrected chi connectivity index (χ4v) is 3.71. The van der Waals surface area contributed by atoms with Gasteiger partial charge >= 0.3 is 12.2 Å². The van der Waals surface area contributed by atoms with Crippen LogP contribution >= 0.6 is 0 Å². The van der Waals surface area contributed by atoms with E-state index in [9.17, 15) is 22.8 Å². The van der Waals surface area contributed by atoms with E-state index in [1.807, 2.05) is 24.1 Å². The smallest absolute Gasteiger partial charge is 0.366 e. The van der Waals surface area contributed by atoms with E-state index >= 15 is 0 Å². The maximum absolute atomic E-state index is 13.0. The number of hydrogen-bond acceptors (Lipinski definition) is 6. The van der Waals surface area contributed by atoms with E-state index in [1.54, 1.807) is 24.3 Å². The third-order valence-electron chi connectivity index (χ3n) is 5.24. The number of fused-ring (bicyclic) bond motifs is 4. The summed E-state index contributed by atoms with van der Waals surface area (Å²) in [5, 5.41) is 4.55. The number of aromatic nitrogens is 2. The zero-order valence-electron chi connectivity index (χ0n) is 18.3. The molecule has 1 saturated heterocycles. The summed E-state index contributed by atoms with van der Waals surface area (Å²) in [7, 11) is 0. The molecule has 2 atom stereocenters. The van der Waals surface area contributed by atoms with Crippen molar-refractivity contribution in [2.75, 3.05) is 34.8 Å². The van der Waals surface area contributed by atoms with Crippen LogP contribution in [0.25, 0.3) is 0 Å². The van der Waals surface area contributed by atoms with Crippen LogP contribution in [0.3, 0.4) is 0 Å². The summed E-state index contributed by atoms with van der Waals surface area (Å²) in [6.45, 7) is 4.50. The van der Waals surface area contributed by atoms with Gasteiger partial charge in [0.1, 0.15) is 17.6 Å². The van der Waals surface area contributed by atoms with E-state index in [4.69, 9.17) is 5.73 Å². The summed E-state index contributed by atoms with van der Waals surface area (Å²) < 4.78 is 38.9. The second kappa shape index (κ2) is 10.0. The molecule has 0 radical (unpaired) electrons. The highest BCUT2D eigenvalue weighted by Gasteiger charge is 2.42. The van der Waals surface area contributed by atoms with Gasteiger partial charge < -0.3 is 16.0 Å². The Labute approximate surface area is 189 Å². The van der Waals surface area contributed by atoms with Crippen LogP contribution in [0, 0.1) is 0 Å². The summed E-state index contributed by atoms with van der Waals surface area (Å²) in [6.07, 6.45) is -2.46. The van der Waals surface area contributed by atoms with Gasteiger partial charge in [0.2, 0.25) is 0 Å². The van der Waals surface area contributed by atoms with Gasteiger partial charge in [-0.2, -0.15) is 13.2 Å². The normalized spacial score (nSPS) is 17.5. The Balaban J connectivity index is 0.00000149. The molecule has 4 N–H and O–H groups in total. The third kappa shape index (κ3) is 5.16. The van der Waals surface area contributed by atoms with Gasteiger partial charge in [0.25, 0.3) is 5.91 Å². The van der Waals surface area contributed by atoms with Gasteiger partial charge in [-0.1, -0.05) is 19.9 Å². The summed E-state index contributed by atoms with van der Waals surface area (Å²) >= 11 is 0. The van der Waals surface area contributed by atoms with Crippen LogP contribution in [-0.4, -0.2) is 59.8 Å². The van der Waals surface area contributed by atoms with Gasteiger partial charge in [0, 0.05) is 25.8 Å². The van der Waals surface area contributed by atoms with E-state index in [0.717, 1.165) is 0 Å². The molecule has 0 spiro atoms. The maximum atomic E-state index is 13.0. The van der Waals surface area contributed by atoms with Crippen molar-refractivity contribution in [2.45, 2.75) is 38.5 Å². The number of nitrogens with zero attached hydrogens (tertiary/aromatic N) is 4. The second-order valence-corrected chi connectivity index (χ2v) is 7.25. The van der Waals surface area contributed by atoms with Crippen LogP contribution in [0.1, 0.15) is 30.8 Å². The number of rotatable bonds is 4. The molecular formula is C21H26F3N7O2. The SMILES string of the molecule is CC.NCC(NC(=O)c1ccc2c(n1)N(C(=O)Nc1ccccn1)C1CCN2C1)C(F)(F)F. The first-order valence-corrected chi connectivity index (χ1v) is 10.6. The molecule has 2 aliphatic rings. The Morgan fingerprint density at radius 2 is 2.00 bits per heavy atom. The summed E-state index contributed by atoms with van der Waals surface area (Å²) in [5.74, 6) is -0.459. The Morgan fingerprint density at radius 1 is 1.24 bits per heavy atom. The molecule has 12 heteroatoms. The third-order valence-corrected chi connectivity index (χ3v) is 5.24. The fraction of sp³-hybridized carbons (Fsp3) is 0.429. The molecule has 0 saturated carbocycles. The largest absolute Gasteiger partial charge is 0.409 e. The number of hydrogen-bond donors (Lipinski definition) is 3. The number of amides is 3. The fourth-order valence-electron chi connectivity index (χ4n) is 3.71. The zero-order chi connectivity index (χ0) is 24.2. The van der Waals surface area contributed by atoms with Crippen molar-refractivity contribution in [3.05, 3.63) is 42.2 Å². The number of nitrogens with one attached hydrogen (secondary N) is 2. The van der Waals surface area contributed by atoms with Crippen LogP contribution in [0.5, 0.6) is 0 Å². The van der Waals surface area contributed by atoms with Crippen molar-refractivity contribution in [1.29, 1.82) is 0 Å². The number of nitrogens with two attached hydrogens (primary N) is 1. The predicted octanol–water partition coefficient (Wildman–Crippen LogP) is 2.75. The molecule has 2 bridgehead atoms. The van der Waals surface area contributed by atoms with Gasteiger partial charge in [-0.25, -0.2) is 14.8 Å². The van der Waals surface area contributed by atoms with Gasteiger partial charge in [-0.3, -0.25) is 15.0 Å². The lowest BCUT2D eigenvalue weighted by Gasteiger charge is -2.35. The number of pyridine rings is 2. The van der Waals surface area contributed by atoms with Crippen molar-refractivity contribution < 1.29 is 22.8 Å². The van der Waals surface area contributed by atoms with Crippen molar-refractivity contribution in [2.24, 2.45) is 5.73 Å². The predicted molar refractivity (Wildman–Crippen MR) is 118 cm³/mol. The van der Waals surface area contributed by atoms with E-state index in [2.05, 4.69) is 15.3 Å². The standard InChI is InChI=1S/C19H20F3N7O2.C2H6/c20-19(21,22)14(9-23)26-17(30)12-4-5-13-16(25-12)29(11-6-8-28(13)10-11)18(31)27-15-3-1-2-7-24-15;1-2/h1-5,7,11,14H,6,8-10,23H2,(H,26,30)(H,24,27,31);1-2H3. The lowest BCUT2D eigenvalue weighted by Crippen LogP contribution is -2.50. The highest BCUT2D eigenvalue weighted by atomic mass is 19.4. The summed E-state index contributed by atoms with van der Waals surface area (Å²) in [5.41, 5.74) is 5.54. The van der Waals surface area contributed by atoms with Crippen LogP contribution in [-0.2, 0) is 0 Å². The van der Waals surface area contributed by atoms with E-state index in [0.29, 0.717) is 31.0 Å². The minimum Gasteiger partial charge on any atom is -0.366 e. The van der Waals surface area contributed by atoms with Crippen LogP contribution in [0.4, 0.5) is 35.3 Å². The Morgan fingerprint density at radius 3 is 2.64 bits per heavy atom. The first-order chi connectivity index (χ1) is 15.8. The molecule has 2 aliphatic heterocycles. The summed E-state index contributed by atoms with van der Waals surface area (Å²) in [4.78, 5) is 37.2. The van der Waals surface area contributed by atoms with E-state index < -0.39 is 30.7 Å². The van der Waals surface area contributed by atoms with Crippen LogP contribution < -0.4 is 26.2 Å². The zero-order valence-corrected chi connectivity index (χ0v) is 18.3. The average molecular weight is 465 g/mol. The van der Waals surface area contributed by atoms with Gasteiger partial charge in [-0.05, 0) is 30.7 Å². The molecule has 2 unspecified atom stereocenters. The van der Waals surface area contributed by atoms with Crippen LogP contribution in [0.2, 0.25) is 0 Å². The molecule has 3 amide bonds. The lowest BCUT2D eigenvalue weighted by molar-refractivity contribution is -0.150. The Hall–Kier alpha value is -3.41. The maximum Gasteiger partial charge on any atom is 0.409 e.